The topological polar surface area (TPSA) is 89.7 Å². The van der Waals surface area contributed by atoms with Crippen LogP contribution in [0.1, 0.15) is 16.7 Å². The quantitative estimate of drug-likeness (QED) is 0.197. The van der Waals surface area contributed by atoms with Crippen LogP contribution in [-0.2, 0) is 17.9 Å². The van der Waals surface area contributed by atoms with Gasteiger partial charge in [0.1, 0.15) is 12.4 Å². The van der Waals surface area contributed by atoms with E-state index in [1.165, 1.54) is 12.1 Å². The number of carbonyl (C=O) groups is 2. The van der Waals surface area contributed by atoms with Crippen molar-refractivity contribution in [1.29, 1.82) is 0 Å². The van der Waals surface area contributed by atoms with Gasteiger partial charge in [0.15, 0.2) is 0 Å². The first kappa shape index (κ1) is 23.8. The highest BCUT2D eigenvalue weighted by Gasteiger charge is 2.36. The maximum absolute atomic E-state index is 13.0. The van der Waals surface area contributed by atoms with Crippen LogP contribution in [-0.4, -0.2) is 21.0 Å². The van der Waals surface area contributed by atoms with E-state index in [1.807, 2.05) is 0 Å². The van der Waals surface area contributed by atoms with E-state index < -0.39 is 16.1 Å². The Kier molecular flexibility index (Phi) is 7.21. The summed E-state index contributed by atoms with van der Waals surface area (Å²) in [6.45, 7) is 0.147. The number of ether oxygens (including phenoxy) is 1. The lowest BCUT2D eigenvalue weighted by Crippen LogP contribution is -2.27. The Morgan fingerprint density at radius 1 is 0.971 bits per heavy atom. The van der Waals surface area contributed by atoms with Crippen LogP contribution < -0.4 is 4.74 Å². The lowest BCUT2D eigenvalue weighted by molar-refractivity contribution is -0.384. The molecule has 1 aliphatic heterocycles. The Hall–Kier alpha value is -3.33. The monoisotopic (exact) mass is 514 g/mol. The van der Waals surface area contributed by atoms with Gasteiger partial charge in [0.2, 0.25) is 0 Å². The van der Waals surface area contributed by atoms with Gasteiger partial charge in [0.05, 0.1) is 16.4 Å². The van der Waals surface area contributed by atoms with Gasteiger partial charge >= 0.3 is 0 Å². The zero-order valence-corrected chi connectivity index (χ0v) is 19.8. The standard InChI is InChI=1S/C24H16Cl2N2O5S/c25-19-5-3-6-20(26)18(19)13-27-23(29)22(34-24(27)30)12-16-4-1-2-7-21(16)33-14-15-8-10-17(11-9-15)28(31)32/h1-12H,13-14H2/b22-12-. The number of rotatable bonds is 7. The number of non-ortho nitro benzene ring substituents is 1. The van der Waals surface area contributed by atoms with E-state index in [1.54, 1.807) is 60.7 Å². The van der Waals surface area contributed by atoms with Crippen LogP contribution in [0.5, 0.6) is 5.75 Å². The summed E-state index contributed by atoms with van der Waals surface area (Å²) in [4.78, 5) is 37.2. The van der Waals surface area contributed by atoms with Crippen LogP contribution >= 0.6 is 35.0 Å². The third kappa shape index (κ3) is 5.25. The number of thioether (sulfide) groups is 1. The lowest BCUT2D eigenvalue weighted by atomic mass is 10.1. The molecule has 0 atom stereocenters. The highest BCUT2D eigenvalue weighted by Crippen LogP contribution is 2.36. The highest BCUT2D eigenvalue weighted by atomic mass is 35.5. The summed E-state index contributed by atoms with van der Waals surface area (Å²) < 4.78 is 5.88. The number of hydrogen-bond donors (Lipinski definition) is 0. The molecule has 3 aromatic rings. The van der Waals surface area contributed by atoms with E-state index in [0.717, 1.165) is 22.2 Å². The molecule has 4 rings (SSSR count). The van der Waals surface area contributed by atoms with Crippen LogP contribution in [0.25, 0.3) is 6.08 Å². The van der Waals surface area contributed by atoms with Gasteiger partial charge in [-0.1, -0.05) is 47.5 Å². The molecule has 10 heteroatoms. The molecule has 2 amide bonds. The fourth-order valence-electron chi connectivity index (χ4n) is 3.23. The van der Waals surface area contributed by atoms with Gasteiger partial charge in [0.25, 0.3) is 16.8 Å². The van der Waals surface area contributed by atoms with Crippen molar-refractivity contribution < 1.29 is 19.2 Å². The molecule has 1 aliphatic rings. The summed E-state index contributed by atoms with van der Waals surface area (Å²) in [5.74, 6) is 0.0537. The molecule has 0 spiro atoms. The summed E-state index contributed by atoms with van der Waals surface area (Å²) in [6.07, 6.45) is 1.60. The number of carbonyl (C=O) groups excluding carboxylic acids is 2. The zero-order valence-electron chi connectivity index (χ0n) is 17.4. The van der Waals surface area contributed by atoms with Crippen molar-refractivity contribution in [3.05, 3.63) is 108 Å². The number of halogens is 2. The molecular formula is C24H16Cl2N2O5S. The Labute approximate surface area is 209 Å². The van der Waals surface area contributed by atoms with Gasteiger partial charge in [-0.2, -0.15) is 0 Å². The van der Waals surface area contributed by atoms with Crippen molar-refractivity contribution in [2.45, 2.75) is 13.2 Å². The van der Waals surface area contributed by atoms with Gasteiger partial charge in [-0.25, -0.2) is 0 Å². The Balaban J connectivity index is 1.51. The van der Waals surface area contributed by atoms with E-state index in [0.29, 0.717) is 26.9 Å². The number of hydrogen-bond acceptors (Lipinski definition) is 6. The number of para-hydroxylation sites is 1. The fraction of sp³-hybridized carbons (Fsp3) is 0.0833. The Morgan fingerprint density at radius 2 is 1.65 bits per heavy atom. The number of imide groups is 1. The average Bonchev–Trinajstić information content (AvgIpc) is 3.08. The minimum absolute atomic E-state index is 0.00190. The largest absolute Gasteiger partial charge is 0.488 e. The van der Waals surface area contributed by atoms with Gasteiger partial charge in [-0.15, -0.1) is 0 Å². The number of nitro benzene ring substituents is 1. The van der Waals surface area contributed by atoms with Crippen molar-refractivity contribution in [2.24, 2.45) is 0 Å². The van der Waals surface area contributed by atoms with Gasteiger partial charge in [-0.05, 0) is 53.7 Å². The maximum Gasteiger partial charge on any atom is 0.293 e. The van der Waals surface area contributed by atoms with E-state index in [4.69, 9.17) is 27.9 Å². The molecule has 0 unspecified atom stereocenters. The number of amides is 2. The molecule has 0 bridgehead atoms. The number of nitro groups is 1. The first-order valence-corrected chi connectivity index (χ1v) is 11.5. The predicted molar refractivity (Wildman–Crippen MR) is 132 cm³/mol. The van der Waals surface area contributed by atoms with Gasteiger partial charge < -0.3 is 4.74 Å². The minimum atomic E-state index is -0.466. The summed E-state index contributed by atoms with van der Waals surface area (Å²) in [5, 5.41) is 11.1. The van der Waals surface area contributed by atoms with Crippen LogP contribution in [0, 0.1) is 10.1 Å². The van der Waals surface area contributed by atoms with E-state index >= 15 is 0 Å². The van der Waals surface area contributed by atoms with Crippen LogP contribution in [0.15, 0.2) is 71.6 Å². The molecule has 0 radical (unpaired) electrons. The smallest absolute Gasteiger partial charge is 0.293 e. The second-order valence-corrected chi connectivity index (χ2v) is 9.03. The van der Waals surface area contributed by atoms with Crippen molar-refractivity contribution in [2.75, 3.05) is 0 Å². The number of nitrogens with zero attached hydrogens (tertiary/aromatic N) is 2. The first-order valence-electron chi connectivity index (χ1n) is 9.97. The predicted octanol–water partition coefficient (Wildman–Crippen LogP) is 6.72. The molecule has 7 nitrogen and oxygen atoms in total. The summed E-state index contributed by atoms with van der Waals surface area (Å²) in [5.41, 5.74) is 1.86. The van der Waals surface area contributed by atoms with Crippen molar-refractivity contribution >= 4 is 57.9 Å². The Morgan fingerprint density at radius 3 is 2.32 bits per heavy atom. The first-order chi connectivity index (χ1) is 16.3. The van der Waals surface area contributed by atoms with Gasteiger partial charge in [0, 0.05) is 33.3 Å². The van der Waals surface area contributed by atoms with Crippen molar-refractivity contribution in [3.63, 3.8) is 0 Å². The fourth-order valence-corrected chi connectivity index (χ4v) is 4.57. The van der Waals surface area contributed by atoms with Crippen LogP contribution in [0.3, 0.4) is 0 Å². The minimum Gasteiger partial charge on any atom is -0.488 e. The van der Waals surface area contributed by atoms with Crippen molar-refractivity contribution in [1.82, 2.24) is 4.90 Å². The van der Waals surface area contributed by atoms with Crippen LogP contribution in [0.4, 0.5) is 10.5 Å². The highest BCUT2D eigenvalue weighted by molar-refractivity contribution is 8.18. The molecule has 3 aromatic carbocycles. The second-order valence-electron chi connectivity index (χ2n) is 7.22. The van der Waals surface area contributed by atoms with Crippen molar-refractivity contribution in [3.8, 4) is 5.75 Å². The molecule has 1 saturated heterocycles. The SMILES string of the molecule is O=C1S/C(=C\c2ccccc2OCc2ccc([N+](=O)[O-])cc2)C(=O)N1Cc1c(Cl)cccc1Cl. The summed E-state index contributed by atoms with van der Waals surface area (Å²) in [7, 11) is 0. The molecule has 0 aromatic heterocycles. The molecule has 1 fully saturated rings. The molecule has 0 N–H and O–H groups in total. The molecule has 1 heterocycles. The van der Waals surface area contributed by atoms with Crippen LogP contribution in [0.2, 0.25) is 10.0 Å². The maximum atomic E-state index is 13.0. The average molecular weight is 515 g/mol. The molecule has 172 valence electrons. The Bertz CT molecular complexity index is 1290. The van der Waals surface area contributed by atoms with E-state index in [-0.39, 0.29) is 23.7 Å². The second kappa shape index (κ2) is 10.3. The lowest BCUT2D eigenvalue weighted by Gasteiger charge is -2.14. The molecule has 0 aliphatic carbocycles. The number of benzene rings is 3. The normalized spacial score (nSPS) is 14.6. The van der Waals surface area contributed by atoms with E-state index in [9.17, 15) is 19.7 Å². The van der Waals surface area contributed by atoms with Gasteiger partial charge in [-0.3, -0.25) is 24.6 Å². The van der Waals surface area contributed by atoms with E-state index in [2.05, 4.69) is 0 Å². The summed E-state index contributed by atoms with van der Waals surface area (Å²) in [6, 6.07) is 18.1. The zero-order chi connectivity index (χ0) is 24.2. The molecular weight excluding hydrogens is 499 g/mol. The third-order valence-electron chi connectivity index (χ3n) is 5.00. The molecule has 34 heavy (non-hydrogen) atoms. The summed E-state index contributed by atoms with van der Waals surface area (Å²) >= 11 is 13.2. The third-order valence-corrected chi connectivity index (χ3v) is 6.61. The molecule has 0 saturated carbocycles.